The van der Waals surface area contributed by atoms with Gasteiger partial charge < -0.3 is 29.9 Å². The van der Waals surface area contributed by atoms with E-state index >= 15 is 0 Å². The van der Waals surface area contributed by atoms with Crippen LogP contribution >= 0.6 is 15.9 Å². The van der Waals surface area contributed by atoms with Crippen molar-refractivity contribution in [1.82, 2.24) is 20.2 Å². The molecule has 2 N–H and O–H groups in total. The van der Waals surface area contributed by atoms with E-state index in [9.17, 15) is 5.11 Å². The lowest BCUT2D eigenvalue weighted by atomic mass is 10.0. The first-order valence-electron chi connectivity index (χ1n) is 13.9. The Morgan fingerprint density at radius 2 is 1.84 bits per heavy atom. The number of anilines is 2. The standard InChI is InChI=1S/C29H35BrN6O2/c1-34-11-4-5-20(34)17-38-29-32-24-16-35(25-13-26(37)27(30)22-7-3-2-6-21(22)25)12-10-23(24)28(33-29)36-14-18-8-9-19(15-36)31-18/h2-3,6-7,13,18-20,31,37H,4-5,8-12,14-17H2,1H3/t18-,19+,20-/m0/s1. The molecule has 0 amide bonds. The minimum Gasteiger partial charge on any atom is -0.507 e. The molecular formula is C29H35BrN6O2. The first-order chi connectivity index (χ1) is 18.5. The second kappa shape index (κ2) is 9.84. The molecule has 5 heterocycles. The summed E-state index contributed by atoms with van der Waals surface area (Å²) in [7, 11) is 2.17. The molecule has 0 saturated carbocycles. The molecule has 3 atom stereocenters. The average molecular weight is 580 g/mol. The van der Waals surface area contributed by atoms with Crippen molar-refractivity contribution in [3.63, 3.8) is 0 Å². The lowest BCUT2D eigenvalue weighted by Gasteiger charge is -2.37. The topological polar surface area (TPSA) is 77.0 Å². The molecule has 1 aromatic heterocycles. The Morgan fingerprint density at radius 3 is 2.61 bits per heavy atom. The molecule has 2 aromatic carbocycles. The third kappa shape index (κ3) is 4.38. The summed E-state index contributed by atoms with van der Waals surface area (Å²) in [5.74, 6) is 1.32. The van der Waals surface area contributed by atoms with E-state index in [-0.39, 0.29) is 5.75 Å². The van der Waals surface area contributed by atoms with Crippen molar-refractivity contribution in [2.75, 3.05) is 49.6 Å². The minimum absolute atomic E-state index is 0.258. The Bertz CT molecular complexity index is 1360. The summed E-state index contributed by atoms with van der Waals surface area (Å²) >= 11 is 3.57. The van der Waals surface area contributed by atoms with Crippen LogP contribution in [0.2, 0.25) is 0 Å². The number of likely N-dealkylation sites (N-methyl/N-ethyl adjacent to an activating group) is 1. The molecule has 0 radical (unpaired) electrons. The van der Waals surface area contributed by atoms with E-state index in [1.807, 2.05) is 18.2 Å². The van der Waals surface area contributed by atoms with Gasteiger partial charge in [-0.1, -0.05) is 24.3 Å². The maximum atomic E-state index is 10.7. The second-order valence-electron chi connectivity index (χ2n) is 11.3. The van der Waals surface area contributed by atoms with Crippen LogP contribution < -0.4 is 19.9 Å². The molecule has 2 bridgehead atoms. The van der Waals surface area contributed by atoms with Gasteiger partial charge in [-0.05, 0) is 61.6 Å². The van der Waals surface area contributed by atoms with E-state index in [0.717, 1.165) is 71.5 Å². The summed E-state index contributed by atoms with van der Waals surface area (Å²) in [5.41, 5.74) is 3.31. The third-order valence-corrected chi connectivity index (χ3v) is 9.73. The number of nitrogens with one attached hydrogen (secondary N) is 1. The summed E-state index contributed by atoms with van der Waals surface area (Å²) in [4.78, 5) is 17.2. The Kier molecular flexibility index (Phi) is 6.33. The predicted molar refractivity (Wildman–Crippen MR) is 153 cm³/mol. The molecule has 38 heavy (non-hydrogen) atoms. The van der Waals surface area contributed by atoms with Crippen molar-refractivity contribution in [3.05, 3.63) is 46.1 Å². The van der Waals surface area contributed by atoms with Crippen LogP contribution in [0.15, 0.2) is 34.8 Å². The number of piperazine rings is 1. The van der Waals surface area contributed by atoms with Gasteiger partial charge in [0.05, 0.1) is 16.7 Å². The highest BCUT2D eigenvalue weighted by Gasteiger charge is 2.35. The van der Waals surface area contributed by atoms with Crippen LogP contribution in [0.1, 0.15) is 36.9 Å². The minimum atomic E-state index is 0.258. The van der Waals surface area contributed by atoms with Gasteiger partial charge in [-0.2, -0.15) is 9.97 Å². The van der Waals surface area contributed by atoms with Crippen molar-refractivity contribution in [3.8, 4) is 11.8 Å². The fourth-order valence-corrected chi connectivity index (χ4v) is 7.28. The predicted octanol–water partition coefficient (Wildman–Crippen LogP) is 4.07. The van der Waals surface area contributed by atoms with Crippen LogP contribution in [0.3, 0.4) is 0 Å². The maximum absolute atomic E-state index is 10.7. The normalized spacial score (nSPS) is 25.3. The number of likely N-dealkylation sites (tertiary alicyclic amines) is 1. The number of nitrogens with zero attached hydrogens (tertiary/aromatic N) is 5. The Labute approximate surface area is 232 Å². The molecule has 0 spiro atoms. The van der Waals surface area contributed by atoms with Crippen LogP contribution in [0.5, 0.6) is 11.8 Å². The Hall–Kier alpha value is -2.62. The average Bonchev–Trinajstić information content (AvgIpc) is 3.51. The number of phenols is 1. The van der Waals surface area contributed by atoms with Crippen LogP contribution in [-0.4, -0.2) is 77.9 Å². The summed E-state index contributed by atoms with van der Waals surface area (Å²) in [6.45, 7) is 5.22. The lowest BCUT2D eigenvalue weighted by molar-refractivity contribution is 0.187. The molecule has 3 saturated heterocycles. The fourth-order valence-electron chi connectivity index (χ4n) is 6.82. The van der Waals surface area contributed by atoms with Gasteiger partial charge in [0.2, 0.25) is 0 Å². The summed E-state index contributed by atoms with van der Waals surface area (Å²) in [6, 6.07) is 12.1. The molecule has 200 valence electrons. The quantitative estimate of drug-likeness (QED) is 0.469. The van der Waals surface area contributed by atoms with E-state index in [4.69, 9.17) is 14.7 Å². The number of aromatic hydroxyl groups is 1. The van der Waals surface area contributed by atoms with Crippen molar-refractivity contribution in [1.29, 1.82) is 0 Å². The maximum Gasteiger partial charge on any atom is 0.318 e. The van der Waals surface area contributed by atoms with Gasteiger partial charge in [-0.25, -0.2) is 0 Å². The number of fused-ring (bicyclic) bond motifs is 4. The fraction of sp³-hybridized carbons (Fsp3) is 0.517. The monoisotopic (exact) mass is 578 g/mol. The van der Waals surface area contributed by atoms with Crippen molar-refractivity contribution in [2.45, 2.75) is 56.8 Å². The number of halogens is 1. The van der Waals surface area contributed by atoms with Gasteiger partial charge >= 0.3 is 6.01 Å². The SMILES string of the molecule is CN1CCC[C@H]1COc1nc2c(c(N3C[C@H]4CC[C@@H](C3)N4)n1)CCN(c1cc(O)c(Br)c3ccccc13)C2. The van der Waals surface area contributed by atoms with Gasteiger partial charge in [0.1, 0.15) is 18.2 Å². The number of hydrogen-bond donors (Lipinski definition) is 2. The number of rotatable bonds is 5. The largest absolute Gasteiger partial charge is 0.507 e. The van der Waals surface area contributed by atoms with E-state index in [1.54, 1.807) is 0 Å². The van der Waals surface area contributed by atoms with Crippen molar-refractivity contribution >= 4 is 38.2 Å². The van der Waals surface area contributed by atoms with Gasteiger partial charge in [0, 0.05) is 65.8 Å². The Balaban J connectivity index is 1.24. The zero-order valence-electron chi connectivity index (χ0n) is 21.9. The summed E-state index contributed by atoms with van der Waals surface area (Å²) < 4.78 is 7.04. The molecule has 8 nitrogen and oxygen atoms in total. The highest BCUT2D eigenvalue weighted by atomic mass is 79.9. The number of aromatic nitrogens is 2. The van der Waals surface area contributed by atoms with E-state index in [1.165, 1.54) is 24.8 Å². The zero-order chi connectivity index (χ0) is 25.8. The molecule has 9 heteroatoms. The van der Waals surface area contributed by atoms with Crippen molar-refractivity contribution < 1.29 is 9.84 Å². The van der Waals surface area contributed by atoms with Gasteiger partial charge in [-0.3, -0.25) is 0 Å². The Morgan fingerprint density at radius 1 is 1.05 bits per heavy atom. The second-order valence-corrected chi connectivity index (χ2v) is 12.1. The summed E-state index contributed by atoms with van der Waals surface area (Å²) in [5, 5.41) is 16.6. The first kappa shape index (κ1) is 24.4. The van der Waals surface area contributed by atoms with Crippen LogP contribution in [0.25, 0.3) is 10.8 Å². The number of hydrogen-bond acceptors (Lipinski definition) is 8. The van der Waals surface area contributed by atoms with Crippen LogP contribution in [0, 0.1) is 0 Å². The third-order valence-electron chi connectivity index (χ3n) is 8.89. The van der Waals surface area contributed by atoms with Crippen molar-refractivity contribution in [2.24, 2.45) is 0 Å². The molecule has 7 rings (SSSR count). The van der Waals surface area contributed by atoms with E-state index < -0.39 is 0 Å². The smallest absolute Gasteiger partial charge is 0.318 e. The molecule has 0 unspecified atom stereocenters. The molecule has 3 aromatic rings. The summed E-state index contributed by atoms with van der Waals surface area (Å²) in [6.07, 6.45) is 5.71. The zero-order valence-corrected chi connectivity index (χ0v) is 23.5. The highest BCUT2D eigenvalue weighted by Crippen LogP contribution is 2.41. The lowest BCUT2D eigenvalue weighted by Crippen LogP contribution is -2.52. The number of benzene rings is 2. The van der Waals surface area contributed by atoms with Gasteiger partial charge in [0.25, 0.3) is 0 Å². The molecule has 0 aliphatic carbocycles. The molecule has 4 aliphatic heterocycles. The van der Waals surface area contributed by atoms with E-state index in [0.29, 0.717) is 37.3 Å². The first-order valence-corrected chi connectivity index (χ1v) is 14.7. The molecule has 3 fully saturated rings. The van der Waals surface area contributed by atoms with Crippen LogP contribution in [-0.2, 0) is 13.0 Å². The molecule has 4 aliphatic rings. The van der Waals surface area contributed by atoms with Crippen LogP contribution in [0.4, 0.5) is 11.5 Å². The highest BCUT2D eigenvalue weighted by molar-refractivity contribution is 9.10. The number of phenolic OH excluding ortho intramolecular Hbond substituents is 1. The van der Waals surface area contributed by atoms with E-state index in [2.05, 4.69) is 55.1 Å². The van der Waals surface area contributed by atoms with Gasteiger partial charge in [0.15, 0.2) is 0 Å². The van der Waals surface area contributed by atoms with Gasteiger partial charge in [-0.15, -0.1) is 0 Å². The molecular weight excluding hydrogens is 544 g/mol. The number of ether oxygens (including phenoxy) is 1.